The lowest BCUT2D eigenvalue weighted by molar-refractivity contribution is -0.663. The molecule has 1 saturated heterocycles. The summed E-state index contributed by atoms with van der Waals surface area (Å²) in [5.74, 6) is -4.23. The van der Waals surface area contributed by atoms with Gasteiger partial charge in [0, 0.05) is 42.2 Å². The summed E-state index contributed by atoms with van der Waals surface area (Å²) in [6.45, 7) is 4.06. The largest absolute Gasteiger partial charge is 0.543 e. The highest BCUT2D eigenvalue weighted by molar-refractivity contribution is 8.00. The number of pyridine rings is 1. The van der Waals surface area contributed by atoms with E-state index in [0.717, 1.165) is 40.2 Å². The fraction of sp³-hybridized carbons (Fsp3) is 0.370. The molecule has 5 heterocycles. The molecule has 0 spiro atoms. The molecule has 0 aromatic carbocycles. The third kappa shape index (κ3) is 6.47. The number of nitrogens with one attached hydrogen (secondary N) is 1. The Morgan fingerprint density at radius 2 is 2.11 bits per heavy atom. The number of carboxylic acid groups (broad SMARTS) is 2. The van der Waals surface area contributed by atoms with Gasteiger partial charge in [0.25, 0.3) is 11.8 Å². The molecule has 15 nitrogen and oxygen atoms in total. The minimum Gasteiger partial charge on any atom is -0.543 e. The molecule has 45 heavy (non-hydrogen) atoms. The van der Waals surface area contributed by atoms with Gasteiger partial charge in [0.15, 0.2) is 23.6 Å². The quantitative estimate of drug-likeness (QED) is 0.0840. The smallest absolute Gasteiger partial charge is 0.347 e. The SMILES string of the molecule is C[C@H](N)CCn1ccc2c1ccc[n+]2CC1=C(C(=O)[O-])N2C(=O)[C@@H](NC(=O)/C(=N\O[C@@H](C)C(=O)O)c3nc(N)sc3Cl)[C@H]2SC1. The molecule has 4 atom stereocenters. The van der Waals surface area contributed by atoms with Crippen molar-refractivity contribution in [2.45, 2.75) is 56.9 Å². The number of hydrogen-bond acceptors (Lipinski definition) is 12. The van der Waals surface area contributed by atoms with Crippen molar-refractivity contribution in [3.8, 4) is 0 Å². The number of nitrogens with two attached hydrogens (primary N) is 2. The maximum Gasteiger partial charge on any atom is 0.347 e. The van der Waals surface area contributed by atoms with E-state index in [0.29, 0.717) is 5.57 Å². The Kier molecular flexibility index (Phi) is 9.33. The number of amides is 2. The molecule has 0 unspecified atom stereocenters. The number of fused-ring (bicyclic) bond motifs is 2. The van der Waals surface area contributed by atoms with Gasteiger partial charge in [-0.15, -0.1) is 11.8 Å². The van der Waals surface area contributed by atoms with E-state index in [1.807, 2.05) is 42.1 Å². The van der Waals surface area contributed by atoms with Crippen molar-refractivity contribution in [2.24, 2.45) is 10.9 Å². The van der Waals surface area contributed by atoms with Crippen LogP contribution in [0.2, 0.25) is 4.34 Å². The van der Waals surface area contributed by atoms with E-state index in [9.17, 15) is 24.3 Å². The van der Waals surface area contributed by atoms with Crippen LogP contribution >= 0.6 is 34.7 Å². The fourth-order valence-electron chi connectivity index (χ4n) is 4.93. The zero-order valence-electron chi connectivity index (χ0n) is 24.0. The first-order valence-corrected chi connectivity index (χ1v) is 15.9. The lowest BCUT2D eigenvalue weighted by Crippen LogP contribution is -2.71. The third-order valence-corrected chi connectivity index (χ3v) is 9.64. The number of nitrogens with zero attached hydrogens (tertiary/aromatic N) is 5. The number of carbonyl (C=O) groups excluding carboxylic acids is 3. The molecule has 2 aliphatic heterocycles. The molecule has 0 bridgehead atoms. The van der Waals surface area contributed by atoms with E-state index in [-0.39, 0.29) is 39.2 Å². The summed E-state index contributed by atoms with van der Waals surface area (Å²) >= 11 is 8.30. The Labute approximate surface area is 269 Å². The van der Waals surface area contributed by atoms with Gasteiger partial charge in [-0.1, -0.05) is 28.1 Å². The van der Waals surface area contributed by atoms with Crippen LogP contribution in [0.1, 0.15) is 26.0 Å². The summed E-state index contributed by atoms with van der Waals surface area (Å²) in [5, 5.41) is 26.9. The van der Waals surface area contributed by atoms with Gasteiger partial charge in [0.1, 0.15) is 27.0 Å². The number of hydrogen-bond donors (Lipinski definition) is 4. The molecule has 2 aliphatic rings. The number of aromatic nitrogens is 3. The van der Waals surface area contributed by atoms with Crippen LogP contribution in [-0.4, -0.2) is 78.3 Å². The minimum atomic E-state index is -1.52. The monoisotopic (exact) mass is 676 g/mol. The molecule has 0 radical (unpaired) electrons. The molecule has 238 valence electrons. The molecule has 0 saturated carbocycles. The maximum atomic E-state index is 13.3. The van der Waals surface area contributed by atoms with Crippen molar-refractivity contribution in [3.63, 3.8) is 0 Å². The lowest BCUT2D eigenvalue weighted by Gasteiger charge is -2.50. The average Bonchev–Trinajstić information content (AvgIpc) is 3.56. The van der Waals surface area contributed by atoms with Gasteiger partial charge in [-0.05, 0) is 26.3 Å². The van der Waals surface area contributed by atoms with Gasteiger partial charge in [0.2, 0.25) is 11.6 Å². The number of aliphatic carboxylic acids is 2. The number of oxime groups is 1. The number of nitrogen functional groups attached to an aromatic ring is 1. The summed E-state index contributed by atoms with van der Waals surface area (Å²) < 4.78 is 3.98. The van der Waals surface area contributed by atoms with E-state index in [1.165, 1.54) is 18.7 Å². The molecular formula is C27H29ClN8O7S2. The van der Waals surface area contributed by atoms with Gasteiger partial charge in [-0.3, -0.25) is 14.5 Å². The molecule has 18 heteroatoms. The lowest BCUT2D eigenvalue weighted by atomic mass is 10.0. The van der Waals surface area contributed by atoms with Gasteiger partial charge < -0.3 is 41.2 Å². The zero-order chi connectivity index (χ0) is 32.6. The highest BCUT2D eigenvalue weighted by Gasteiger charge is 2.53. The highest BCUT2D eigenvalue weighted by Crippen LogP contribution is 2.40. The number of halogens is 1. The molecule has 0 aliphatic carbocycles. The van der Waals surface area contributed by atoms with Crippen molar-refractivity contribution < 1.29 is 38.8 Å². The number of thiazole rings is 1. The van der Waals surface area contributed by atoms with E-state index in [4.69, 9.17) is 33.0 Å². The van der Waals surface area contributed by atoms with Gasteiger partial charge in [-0.2, -0.15) is 4.57 Å². The zero-order valence-corrected chi connectivity index (χ0v) is 26.4. The van der Waals surface area contributed by atoms with Gasteiger partial charge in [-0.25, -0.2) is 9.78 Å². The molecule has 3 aromatic rings. The first kappa shape index (κ1) is 32.2. The van der Waals surface area contributed by atoms with E-state index in [1.54, 1.807) is 0 Å². The normalized spacial score (nSPS) is 19.6. The summed E-state index contributed by atoms with van der Waals surface area (Å²) in [4.78, 5) is 60.2. The first-order valence-electron chi connectivity index (χ1n) is 13.7. The predicted octanol–water partition coefficient (Wildman–Crippen LogP) is -0.344. The molecule has 3 aromatic heterocycles. The second kappa shape index (κ2) is 13.0. The second-order valence-electron chi connectivity index (χ2n) is 10.5. The summed E-state index contributed by atoms with van der Waals surface area (Å²) in [6.07, 6.45) is 3.16. The topological polar surface area (TPSA) is 222 Å². The first-order chi connectivity index (χ1) is 21.4. The van der Waals surface area contributed by atoms with Crippen LogP contribution < -0.4 is 26.5 Å². The standard InChI is InChI=1S/C27H29ClN8O7S2/c1-12(29)5-8-34-9-6-16-15(34)4-3-7-35(16)10-14-11-44-24-19(23(38)36(24)20(14)26(41)42)31-22(37)18(33-43-13(2)25(39)40)17-21(28)45-27(30)32-17/h3-4,6-7,9,12-13,19,24H,5,8,10-11,29H2,1-2H3,(H4-,30,31,32,37,39,40,41,42)/b33-18-/t12-,13-,19+,24+/m0/s1. The highest BCUT2D eigenvalue weighted by atomic mass is 35.5. The Morgan fingerprint density at radius 1 is 1.36 bits per heavy atom. The van der Waals surface area contributed by atoms with Crippen molar-refractivity contribution in [2.75, 3.05) is 11.5 Å². The Morgan fingerprint density at radius 3 is 2.76 bits per heavy atom. The van der Waals surface area contributed by atoms with Crippen molar-refractivity contribution in [1.82, 2.24) is 19.8 Å². The van der Waals surface area contributed by atoms with E-state index in [2.05, 4.69) is 20.0 Å². The Hall–Kier alpha value is -4.19. The van der Waals surface area contributed by atoms with Crippen LogP contribution in [0, 0.1) is 0 Å². The molecule has 2 amide bonds. The number of anilines is 1. The Bertz CT molecular complexity index is 1750. The number of β-lactam (4-membered cyclic amide) rings is 1. The van der Waals surface area contributed by atoms with Crippen molar-refractivity contribution >= 4 is 80.3 Å². The summed E-state index contributed by atoms with van der Waals surface area (Å²) in [6, 6.07) is 4.69. The third-order valence-electron chi connectivity index (χ3n) is 7.22. The number of rotatable bonds is 12. The second-order valence-corrected chi connectivity index (χ2v) is 13.2. The van der Waals surface area contributed by atoms with Crippen molar-refractivity contribution in [1.29, 1.82) is 0 Å². The van der Waals surface area contributed by atoms with Crippen LogP contribution in [0.25, 0.3) is 11.0 Å². The number of carbonyl (C=O) groups is 4. The van der Waals surface area contributed by atoms with Crippen LogP contribution in [0.5, 0.6) is 0 Å². The number of thioether (sulfide) groups is 1. The number of aryl methyl sites for hydroxylation is 1. The van der Waals surface area contributed by atoms with E-state index < -0.39 is 47.0 Å². The minimum absolute atomic E-state index is 0.00908. The molecule has 5 rings (SSSR count). The summed E-state index contributed by atoms with van der Waals surface area (Å²) in [7, 11) is 0. The van der Waals surface area contributed by atoms with Gasteiger partial charge >= 0.3 is 5.97 Å². The molecule has 6 N–H and O–H groups in total. The van der Waals surface area contributed by atoms with E-state index >= 15 is 0 Å². The van der Waals surface area contributed by atoms with Crippen LogP contribution in [0.3, 0.4) is 0 Å². The maximum absolute atomic E-state index is 13.3. The fourth-order valence-corrected chi connectivity index (χ4v) is 7.20. The summed E-state index contributed by atoms with van der Waals surface area (Å²) in [5.41, 5.74) is 13.0. The molecule has 1 fully saturated rings. The van der Waals surface area contributed by atoms with Crippen LogP contribution in [0.4, 0.5) is 5.13 Å². The predicted molar refractivity (Wildman–Crippen MR) is 164 cm³/mol. The van der Waals surface area contributed by atoms with Gasteiger partial charge in [0.05, 0.1) is 11.7 Å². The molecular weight excluding hydrogens is 648 g/mol. The van der Waals surface area contributed by atoms with Crippen LogP contribution in [0.15, 0.2) is 47.0 Å². The Balaban J connectivity index is 1.37. The number of carboxylic acids is 2. The van der Waals surface area contributed by atoms with Crippen molar-refractivity contribution in [3.05, 3.63) is 51.9 Å². The average molecular weight is 677 g/mol. The van der Waals surface area contributed by atoms with Crippen LogP contribution in [-0.2, 0) is 37.1 Å².